The molecule has 0 spiro atoms. The van der Waals surface area contributed by atoms with Crippen LogP contribution in [0.4, 0.5) is 4.79 Å². The van der Waals surface area contributed by atoms with Gasteiger partial charge in [-0.15, -0.1) is 11.6 Å². The third kappa shape index (κ3) is 15.6. The van der Waals surface area contributed by atoms with Crippen molar-refractivity contribution in [3.05, 3.63) is 239 Å². The van der Waals surface area contributed by atoms with Gasteiger partial charge in [-0.05, 0) is 51.4 Å². The maximum Gasteiger partial charge on any atom is 0.407 e. The SMILES string of the molecule is CO[C@@H]1O[C@@H]2CO[C@@H](c3ccccc3)O[C@H]2[C@H](O[C@@H]2O[C@@H](C)[C@H](OCc3ccccc3)[C@@H](O[C@@H]3O[C@@H](CO)[C@H](OCc4ccccc4)[C@@H](OCc4ccccc4)[C@H]3OCc3ccccc3)[C@H]2Cl)[C@H]1NC(=O)CCNC(=O)OCC1c2ccccc2-c2ccccc21. The van der Waals surface area contributed by atoms with Crippen LogP contribution in [-0.2, 0) is 92.8 Å². The minimum Gasteiger partial charge on any atom is -0.449 e. The second kappa shape index (κ2) is 31.1. The van der Waals surface area contributed by atoms with Gasteiger partial charge in [-0.3, -0.25) is 4.79 Å². The number of aliphatic hydroxyl groups is 1. The van der Waals surface area contributed by atoms with Crippen molar-refractivity contribution in [1.29, 1.82) is 0 Å². The van der Waals surface area contributed by atoms with Crippen molar-refractivity contribution in [3.63, 3.8) is 0 Å². The van der Waals surface area contributed by atoms with E-state index in [2.05, 4.69) is 34.9 Å². The molecule has 0 aromatic heterocycles. The molecular formula is C72H77ClN2O16. The van der Waals surface area contributed by atoms with Crippen molar-refractivity contribution in [2.45, 2.75) is 143 Å². The maximum absolute atomic E-state index is 14.3. The third-order valence-electron chi connectivity index (χ3n) is 17.1. The lowest BCUT2D eigenvalue weighted by Gasteiger charge is -2.52. The molecule has 4 fully saturated rings. The fourth-order valence-electron chi connectivity index (χ4n) is 12.6. The molecule has 0 radical (unpaired) electrons. The van der Waals surface area contributed by atoms with Crippen LogP contribution >= 0.6 is 11.6 Å². The van der Waals surface area contributed by atoms with Crippen LogP contribution in [0.5, 0.6) is 0 Å². The van der Waals surface area contributed by atoms with Crippen LogP contribution in [0, 0.1) is 0 Å². The van der Waals surface area contributed by atoms with Crippen molar-refractivity contribution in [2.24, 2.45) is 0 Å². The molecule has 7 aromatic rings. The van der Waals surface area contributed by atoms with Crippen molar-refractivity contribution < 1.29 is 76.3 Å². The van der Waals surface area contributed by atoms with E-state index in [0.717, 1.165) is 50.1 Å². The van der Waals surface area contributed by atoms with Crippen molar-refractivity contribution in [2.75, 3.05) is 33.5 Å². The summed E-state index contributed by atoms with van der Waals surface area (Å²) in [6, 6.07) is 63.5. The zero-order valence-corrected chi connectivity index (χ0v) is 51.4. The average molecular weight is 1260 g/mol. The van der Waals surface area contributed by atoms with Gasteiger partial charge in [-0.1, -0.05) is 200 Å². The summed E-state index contributed by atoms with van der Waals surface area (Å²) < 4.78 is 87.0. The third-order valence-corrected chi connectivity index (χ3v) is 17.6. The topological polar surface area (TPSA) is 198 Å². The molecule has 4 saturated heterocycles. The van der Waals surface area contributed by atoms with Crippen molar-refractivity contribution in [3.8, 4) is 11.1 Å². The molecular weight excluding hydrogens is 1180 g/mol. The number of carbonyl (C=O) groups excluding carboxylic acids is 2. The molecule has 7 aromatic carbocycles. The van der Waals surface area contributed by atoms with E-state index < -0.39 is 116 Å². The summed E-state index contributed by atoms with van der Waals surface area (Å²) in [5.41, 5.74) is 8.71. The van der Waals surface area contributed by atoms with E-state index in [9.17, 15) is 14.7 Å². The first-order valence-electron chi connectivity index (χ1n) is 31.1. The lowest BCUT2D eigenvalue weighted by molar-refractivity contribution is -0.375. The highest BCUT2D eigenvalue weighted by molar-refractivity contribution is 6.21. The molecule has 91 heavy (non-hydrogen) atoms. The Hall–Kier alpha value is -6.95. The van der Waals surface area contributed by atoms with Crippen LogP contribution in [-0.4, -0.2) is 142 Å². The first-order valence-corrected chi connectivity index (χ1v) is 31.5. The van der Waals surface area contributed by atoms with Crippen LogP contribution in [0.25, 0.3) is 11.1 Å². The number of hydrogen-bond acceptors (Lipinski definition) is 16. The van der Waals surface area contributed by atoms with Gasteiger partial charge >= 0.3 is 6.09 Å². The number of alkyl carbamates (subject to hydrolysis) is 1. The van der Waals surface area contributed by atoms with Crippen molar-refractivity contribution in [1.82, 2.24) is 10.6 Å². The van der Waals surface area contributed by atoms with Gasteiger partial charge in [0.1, 0.15) is 73.0 Å². The Morgan fingerprint density at radius 3 is 1.62 bits per heavy atom. The van der Waals surface area contributed by atoms with Gasteiger partial charge < -0.3 is 77.3 Å². The number of hydrogen-bond donors (Lipinski definition) is 3. The van der Waals surface area contributed by atoms with E-state index in [0.29, 0.717) is 0 Å². The van der Waals surface area contributed by atoms with E-state index in [1.807, 2.05) is 183 Å². The number of halogens is 1. The molecule has 2 amide bonds. The molecule has 0 bridgehead atoms. The normalized spacial score (nSPS) is 28.7. The maximum atomic E-state index is 14.3. The highest BCUT2D eigenvalue weighted by Gasteiger charge is 2.57. The summed E-state index contributed by atoms with van der Waals surface area (Å²) in [5, 5.41) is 16.0. The number of methoxy groups -OCH3 is 1. The first kappa shape index (κ1) is 64.2. The minimum atomic E-state index is -1.30. The first-order chi connectivity index (χ1) is 44.7. The van der Waals surface area contributed by atoms with Crippen LogP contribution in [0.15, 0.2) is 200 Å². The second-order valence-electron chi connectivity index (χ2n) is 23.2. The fourth-order valence-corrected chi connectivity index (χ4v) is 12.9. The predicted octanol–water partition coefficient (Wildman–Crippen LogP) is 10.1. The van der Waals surface area contributed by atoms with Gasteiger partial charge in [0.25, 0.3) is 0 Å². The molecule has 4 heterocycles. The summed E-state index contributed by atoms with van der Waals surface area (Å²) in [7, 11) is 1.47. The lowest BCUT2D eigenvalue weighted by atomic mass is 9.94. The Balaban J connectivity index is 0.822. The van der Waals surface area contributed by atoms with E-state index in [-0.39, 0.29) is 58.5 Å². The Morgan fingerprint density at radius 2 is 1.05 bits per heavy atom. The molecule has 3 N–H and O–H groups in total. The average Bonchev–Trinajstić information content (AvgIpc) is 1.96. The van der Waals surface area contributed by atoms with Gasteiger partial charge in [-0.2, -0.15) is 0 Å². The minimum absolute atomic E-state index is 0.0589. The largest absolute Gasteiger partial charge is 0.449 e. The molecule has 5 aliphatic rings. The summed E-state index contributed by atoms with van der Waals surface area (Å²) >= 11 is 7.86. The number of nitrogens with one attached hydrogen (secondary N) is 2. The predicted molar refractivity (Wildman–Crippen MR) is 335 cm³/mol. The number of ether oxygens (including phenoxy) is 13. The van der Waals surface area contributed by atoms with Gasteiger partial charge in [0.15, 0.2) is 25.2 Å². The zero-order chi connectivity index (χ0) is 62.5. The molecule has 0 saturated carbocycles. The van der Waals surface area contributed by atoms with E-state index in [4.69, 9.17) is 73.2 Å². The summed E-state index contributed by atoms with van der Waals surface area (Å²) in [6.07, 6.45) is -14.6. The number of aliphatic hydroxyl groups excluding tert-OH is 1. The van der Waals surface area contributed by atoms with E-state index in [1.54, 1.807) is 0 Å². The van der Waals surface area contributed by atoms with E-state index in [1.165, 1.54) is 7.11 Å². The number of rotatable bonds is 25. The monoisotopic (exact) mass is 1260 g/mol. The molecule has 1 aliphatic carbocycles. The fraction of sp³-hybridized carbons (Fsp3) is 0.389. The van der Waals surface area contributed by atoms with Gasteiger partial charge in [0.2, 0.25) is 5.91 Å². The van der Waals surface area contributed by atoms with Crippen molar-refractivity contribution >= 4 is 23.6 Å². The van der Waals surface area contributed by atoms with Crippen LogP contribution in [0.3, 0.4) is 0 Å². The number of amides is 2. The molecule has 478 valence electrons. The number of alkyl halides is 1. The summed E-state index contributed by atoms with van der Waals surface area (Å²) in [4.78, 5) is 27.6. The highest BCUT2D eigenvalue weighted by Crippen LogP contribution is 2.45. The molecule has 4 aliphatic heterocycles. The Morgan fingerprint density at radius 1 is 0.549 bits per heavy atom. The Kier molecular flexibility index (Phi) is 21.9. The number of carbonyl (C=O) groups is 2. The zero-order valence-electron chi connectivity index (χ0n) is 50.7. The quantitative estimate of drug-likeness (QED) is 0.0457. The molecule has 19 heteroatoms. The molecule has 16 atom stereocenters. The Labute approximate surface area is 535 Å². The standard InChI is InChI=1S/C72H77ClN2O16/c1-45-61(80-39-46-22-8-3-9-23-46)64(90-71-67(83-42-49-28-14-6-15-29-49)66(82-41-48-26-12-5-13-27-48)62(56(38-76)87-71)81-40-47-24-10-4-11-25-47)59(73)69(86-45)91-65-60(70(79-2)88-57-44-84-68(89-63(57)65)50-30-16-7-17-31-50)75-58(77)36-37-74-72(78)85-43-55-53-34-20-18-32-51(53)52-33-19-21-35-54(52)55/h3-35,45,55-57,59-71,76H,36-44H2,1-2H3,(H,74,78)(H,75,77)/t45-,56-,57+,59+,60+,61-,62-,63+,64-,65+,66+,67+,68+,69-,70+,71-/m0/s1. The van der Waals surface area contributed by atoms with Crippen LogP contribution in [0.1, 0.15) is 64.5 Å². The van der Waals surface area contributed by atoms with Gasteiger partial charge in [0.05, 0.1) is 45.7 Å². The smallest absolute Gasteiger partial charge is 0.407 e. The number of fused-ring (bicyclic) bond motifs is 4. The van der Waals surface area contributed by atoms with Crippen LogP contribution in [0.2, 0.25) is 0 Å². The molecule has 12 rings (SSSR count). The number of benzene rings is 7. The highest BCUT2D eigenvalue weighted by atomic mass is 35.5. The molecule has 0 unspecified atom stereocenters. The second-order valence-corrected chi connectivity index (χ2v) is 23.7. The van der Waals surface area contributed by atoms with Gasteiger partial charge in [0, 0.05) is 31.6 Å². The van der Waals surface area contributed by atoms with Crippen LogP contribution < -0.4 is 10.6 Å². The Bertz CT molecular complexity index is 3360. The lowest BCUT2D eigenvalue weighted by Crippen LogP contribution is -2.69. The summed E-state index contributed by atoms with van der Waals surface area (Å²) in [6.45, 7) is 2.13. The summed E-state index contributed by atoms with van der Waals surface area (Å²) in [5.74, 6) is -0.606. The molecule has 18 nitrogen and oxygen atoms in total. The van der Waals surface area contributed by atoms with Gasteiger partial charge in [-0.25, -0.2) is 4.79 Å². The van der Waals surface area contributed by atoms with E-state index >= 15 is 0 Å².